The van der Waals surface area contributed by atoms with Gasteiger partial charge in [0, 0.05) is 18.1 Å². The van der Waals surface area contributed by atoms with Gasteiger partial charge in [-0.25, -0.2) is 4.98 Å². The smallest absolute Gasteiger partial charge is 0.252 e. The molecule has 2 N–H and O–H groups in total. The van der Waals surface area contributed by atoms with Gasteiger partial charge in [0.2, 0.25) is 0 Å². The summed E-state index contributed by atoms with van der Waals surface area (Å²) < 4.78 is 3.38. The quantitative estimate of drug-likeness (QED) is 0.700. The number of nitrogens with two attached hydrogens (primary N) is 1. The van der Waals surface area contributed by atoms with Crippen molar-refractivity contribution in [1.29, 1.82) is 5.26 Å². The van der Waals surface area contributed by atoms with Crippen LogP contribution in [-0.2, 0) is 6.54 Å². The maximum atomic E-state index is 8.69. The molecule has 3 aromatic heterocycles. The molecular weight excluding hydrogens is 238 g/mol. The molecule has 3 rings (SSSR count). The minimum atomic E-state index is 0.115. The molecule has 0 aliphatic rings. The molecule has 0 bridgehead atoms. The first kappa shape index (κ1) is 9.95. The van der Waals surface area contributed by atoms with E-state index < -0.39 is 0 Å². The van der Waals surface area contributed by atoms with Crippen LogP contribution in [0.25, 0.3) is 10.8 Å². The van der Waals surface area contributed by atoms with E-state index in [-0.39, 0.29) is 5.82 Å². The van der Waals surface area contributed by atoms with Crippen molar-refractivity contribution in [2.45, 2.75) is 6.54 Å². The van der Waals surface area contributed by atoms with Crippen LogP contribution < -0.4 is 5.73 Å². The van der Waals surface area contributed by atoms with Crippen LogP contribution in [0.1, 0.15) is 11.5 Å². The van der Waals surface area contributed by atoms with E-state index in [1.165, 1.54) is 22.3 Å². The van der Waals surface area contributed by atoms with Crippen molar-refractivity contribution in [3.63, 3.8) is 0 Å². The summed E-state index contributed by atoms with van der Waals surface area (Å²) in [6.45, 7) is 0.342. The number of rotatable bonds is 2. The Morgan fingerprint density at radius 3 is 3.12 bits per heavy atom. The fraction of sp³-hybridized carbons (Fsp3) is 0.111. The van der Waals surface area contributed by atoms with Crippen molar-refractivity contribution in [3.05, 3.63) is 29.4 Å². The van der Waals surface area contributed by atoms with Gasteiger partial charge in [-0.05, 0) is 0 Å². The SMILES string of the molecule is N#Cc1ncn(-c2nc3sccn3c2CN)n1. The van der Waals surface area contributed by atoms with Crippen molar-refractivity contribution in [2.75, 3.05) is 0 Å². The lowest BCUT2D eigenvalue weighted by Crippen LogP contribution is -2.06. The van der Waals surface area contributed by atoms with Gasteiger partial charge in [0.05, 0.1) is 5.69 Å². The van der Waals surface area contributed by atoms with E-state index >= 15 is 0 Å². The summed E-state index contributed by atoms with van der Waals surface area (Å²) in [5.41, 5.74) is 6.56. The highest BCUT2D eigenvalue weighted by Gasteiger charge is 2.14. The van der Waals surface area contributed by atoms with E-state index in [4.69, 9.17) is 11.0 Å². The van der Waals surface area contributed by atoms with Crippen molar-refractivity contribution in [3.8, 4) is 11.9 Å². The highest BCUT2D eigenvalue weighted by atomic mass is 32.1. The third kappa shape index (κ3) is 1.41. The Kier molecular flexibility index (Phi) is 2.14. The van der Waals surface area contributed by atoms with Gasteiger partial charge in [-0.2, -0.15) is 14.9 Å². The number of aromatic nitrogens is 5. The van der Waals surface area contributed by atoms with E-state index in [1.807, 2.05) is 22.0 Å². The lowest BCUT2D eigenvalue weighted by atomic mass is 10.4. The van der Waals surface area contributed by atoms with Crippen LogP contribution in [0.15, 0.2) is 17.9 Å². The van der Waals surface area contributed by atoms with Crippen LogP contribution in [0.2, 0.25) is 0 Å². The zero-order chi connectivity index (χ0) is 11.8. The van der Waals surface area contributed by atoms with Gasteiger partial charge in [-0.15, -0.1) is 16.4 Å². The first-order valence-corrected chi connectivity index (χ1v) is 5.68. The zero-order valence-electron chi connectivity index (χ0n) is 8.61. The van der Waals surface area contributed by atoms with Crippen molar-refractivity contribution in [1.82, 2.24) is 24.1 Å². The minimum absolute atomic E-state index is 0.115. The topological polar surface area (TPSA) is 97.8 Å². The molecule has 0 saturated heterocycles. The molecule has 0 fully saturated rings. The molecule has 84 valence electrons. The molecule has 0 spiro atoms. The molecule has 3 heterocycles. The lowest BCUT2D eigenvalue weighted by Gasteiger charge is -1.98. The number of nitriles is 1. The van der Waals surface area contributed by atoms with Gasteiger partial charge in [-0.1, -0.05) is 0 Å². The van der Waals surface area contributed by atoms with Crippen molar-refractivity contribution >= 4 is 16.3 Å². The fourth-order valence-corrected chi connectivity index (χ4v) is 2.34. The molecule has 8 heteroatoms. The minimum Gasteiger partial charge on any atom is -0.325 e. The van der Waals surface area contributed by atoms with Crippen LogP contribution in [0.5, 0.6) is 0 Å². The molecule has 0 aliphatic heterocycles. The molecule has 0 saturated carbocycles. The summed E-state index contributed by atoms with van der Waals surface area (Å²) in [5, 5.41) is 14.6. The monoisotopic (exact) mass is 245 g/mol. The lowest BCUT2D eigenvalue weighted by molar-refractivity contribution is 0.820. The van der Waals surface area contributed by atoms with Crippen LogP contribution in [0, 0.1) is 11.3 Å². The summed E-state index contributed by atoms with van der Waals surface area (Å²) in [6, 6.07) is 1.88. The van der Waals surface area contributed by atoms with Crippen LogP contribution >= 0.6 is 11.3 Å². The zero-order valence-corrected chi connectivity index (χ0v) is 9.42. The Morgan fingerprint density at radius 2 is 2.41 bits per heavy atom. The number of nitrogens with zero attached hydrogens (tertiary/aromatic N) is 6. The average molecular weight is 245 g/mol. The largest absolute Gasteiger partial charge is 0.325 e. The second-order valence-corrected chi connectivity index (χ2v) is 4.14. The molecular formula is C9H7N7S. The number of hydrogen-bond donors (Lipinski definition) is 1. The first-order chi connectivity index (χ1) is 8.33. The highest BCUT2D eigenvalue weighted by molar-refractivity contribution is 7.15. The number of fused-ring (bicyclic) bond motifs is 1. The standard InChI is InChI=1S/C9H7N7S/c10-3-6-8(13-9-15(6)1-2-17-9)16-5-12-7(4-11)14-16/h1-2,5H,3,10H2. The predicted molar refractivity (Wildman–Crippen MR) is 60.6 cm³/mol. The van der Waals surface area contributed by atoms with Crippen molar-refractivity contribution in [2.24, 2.45) is 5.73 Å². The molecule has 0 aromatic carbocycles. The van der Waals surface area contributed by atoms with Crippen molar-refractivity contribution < 1.29 is 0 Å². The van der Waals surface area contributed by atoms with Gasteiger partial charge in [0.15, 0.2) is 10.8 Å². The third-order valence-electron chi connectivity index (χ3n) is 2.34. The Bertz CT molecular complexity index is 713. The molecule has 3 aromatic rings. The van der Waals surface area contributed by atoms with Gasteiger partial charge in [0.25, 0.3) is 5.82 Å². The molecule has 0 aliphatic carbocycles. The highest BCUT2D eigenvalue weighted by Crippen LogP contribution is 2.19. The van der Waals surface area contributed by atoms with Gasteiger partial charge in [-0.3, -0.25) is 4.40 Å². The first-order valence-electron chi connectivity index (χ1n) is 4.80. The van der Waals surface area contributed by atoms with E-state index in [9.17, 15) is 0 Å². The summed E-state index contributed by atoms with van der Waals surface area (Å²) in [6.07, 6.45) is 3.37. The number of thiazole rings is 1. The van der Waals surface area contributed by atoms with E-state index in [0.29, 0.717) is 12.4 Å². The molecule has 0 amide bonds. The number of hydrogen-bond acceptors (Lipinski definition) is 6. The van der Waals surface area contributed by atoms with Crippen LogP contribution in [0.3, 0.4) is 0 Å². The molecule has 17 heavy (non-hydrogen) atoms. The second-order valence-electron chi connectivity index (χ2n) is 3.27. The Hall–Kier alpha value is -2.24. The van der Waals surface area contributed by atoms with E-state index in [2.05, 4.69) is 15.1 Å². The third-order valence-corrected chi connectivity index (χ3v) is 3.10. The summed E-state index contributed by atoms with van der Waals surface area (Å²) >= 11 is 1.51. The fourth-order valence-electron chi connectivity index (χ4n) is 1.61. The maximum Gasteiger partial charge on any atom is 0.252 e. The maximum absolute atomic E-state index is 8.69. The Balaban J connectivity index is 2.22. The molecule has 7 nitrogen and oxygen atoms in total. The Labute approximate surface area is 99.8 Å². The van der Waals surface area contributed by atoms with E-state index in [0.717, 1.165) is 10.7 Å². The normalized spacial score (nSPS) is 10.8. The molecule has 0 radical (unpaired) electrons. The number of imidazole rings is 1. The average Bonchev–Trinajstić information content (AvgIpc) is 3.02. The van der Waals surface area contributed by atoms with Gasteiger partial charge < -0.3 is 5.73 Å². The van der Waals surface area contributed by atoms with Crippen LogP contribution in [-0.4, -0.2) is 24.1 Å². The predicted octanol–water partition coefficient (Wildman–Crippen LogP) is 0.307. The van der Waals surface area contributed by atoms with Gasteiger partial charge in [0.1, 0.15) is 12.4 Å². The van der Waals surface area contributed by atoms with Crippen LogP contribution in [0.4, 0.5) is 0 Å². The second kappa shape index (κ2) is 3.65. The van der Waals surface area contributed by atoms with Gasteiger partial charge >= 0.3 is 0 Å². The molecule has 0 atom stereocenters. The molecule has 0 unspecified atom stereocenters. The summed E-state index contributed by atoms with van der Waals surface area (Å²) in [4.78, 5) is 9.10. The van der Waals surface area contributed by atoms with E-state index in [1.54, 1.807) is 0 Å². The Morgan fingerprint density at radius 1 is 1.53 bits per heavy atom. The summed E-state index contributed by atoms with van der Waals surface area (Å²) in [5.74, 6) is 0.734. The summed E-state index contributed by atoms with van der Waals surface area (Å²) in [7, 11) is 0.